The third kappa shape index (κ3) is 3.52. The molecule has 0 radical (unpaired) electrons. The highest BCUT2D eigenvalue weighted by Gasteiger charge is 2.36. The van der Waals surface area contributed by atoms with Gasteiger partial charge in [0.25, 0.3) is 5.91 Å². The molecule has 1 aliphatic carbocycles. The molecule has 6 nitrogen and oxygen atoms in total. The molecule has 24 heavy (non-hydrogen) atoms. The molecule has 1 aromatic carbocycles. The van der Waals surface area contributed by atoms with Crippen LogP contribution in [0.2, 0.25) is 0 Å². The molecular weight excluding hydrogens is 330 g/mol. The summed E-state index contributed by atoms with van der Waals surface area (Å²) in [5.41, 5.74) is 0.473. The summed E-state index contributed by atoms with van der Waals surface area (Å²) in [5.74, 6) is 1.37. The summed E-state index contributed by atoms with van der Waals surface area (Å²) in [7, 11) is -3.49. The maximum atomic E-state index is 12.2. The number of rotatable bonds is 6. The first-order chi connectivity index (χ1) is 11.4. The highest BCUT2D eigenvalue weighted by atomic mass is 32.2. The van der Waals surface area contributed by atoms with Crippen LogP contribution in [0.4, 0.5) is 5.69 Å². The number of aliphatic hydroxyl groups excluding tert-OH is 1. The average Bonchev–Trinajstić information content (AvgIpc) is 3.08. The van der Waals surface area contributed by atoms with Gasteiger partial charge in [0.05, 0.1) is 17.3 Å². The summed E-state index contributed by atoms with van der Waals surface area (Å²) in [6.07, 6.45) is 1.08. The van der Waals surface area contributed by atoms with Crippen molar-refractivity contribution >= 4 is 21.4 Å². The second kappa shape index (κ2) is 6.41. The van der Waals surface area contributed by atoms with Crippen molar-refractivity contribution < 1.29 is 22.7 Å². The first kappa shape index (κ1) is 16.7. The van der Waals surface area contributed by atoms with Crippen molar-refractivity contribution in [3.63, 3.8) is 0 Å². The topological polar surface area (TPSA) is 96.6 Å². The lowest BCUT2D eigenvalue weighted by Crippen LogP contribution is -2.12. The predicted molar refractivity (Wildman–Crippen MR) is 88.8 cm³/mol. The van der Waals surface area contributed by atoms with Gasteiger partial charge in [-0.2, -0.15) is 0 Å². The van der Waals surface area contributed by atoms with E-state index in [0.717, 1.165) is 12.2 Å². The Kier molecular flexibility index (Phi) is 4.47. The summed E-state index contributed by atoms with van der Waals surface area (Å²) in [6, 6.07) is 9.30. The van der Waals surface area contributed by atoms with Gasteiger partial charge in [-0.15, -0.1) is 0 Å². The van der Waals surface area contributed by atoms with Crippen LogP contribution >= 0.6 is 0 Å². The molecule has 128 valence electrons. The second-order valence-electron chi connectivity index (χ2n) is 6.04. The molecule has 1 heterocycles. The maximum Gasteiger partial charge on any atom is 0.291 e. The van der Waals surface area contributed by atoms with Gasteiger partial charge < -0.3 is 14.8 Å². The summed E-state index contributed by atoms with van der Waals surface area (Å²) in [6.45, 7) is 1.71. The molecule has 2 atom stereocenters. The van der Waals surface area contributed by atoms with Crippen LogP contribution in [0, 0.1) is 5.92 Å². The van der Waals surface area contributed by atoms with Crippen molar-refractivity contribution in [1.82, 2.24) is 0 Å². The van der Waals surface area contributed by atoms with Gasteiger partial charge in [-0.3, -0.25) is 4.79 Å². The van der Waals surface area contributed by atoms with Gasteiger partial charge in [0.15, 0.2) is 15.6 Å². The zero-order valence-electron chi connectivity index (χ0n) is 13.2. The fourth-order valence-electron chi connectivity index (χ4n) is 2.57. The molecule has 7 heteroatoms. The van der Waals surface area contributed by atoms with Crippen molar-refractivity contribution in [2.24, 2.45) is 5.92 Å². The molecule has 0 spiro atoms. The largest absolute Gasteiger partial charge is 0.456 e. The minimum absolute atomic E-state index is 0.109. The smallest absolute Gasteiger partial charge is 0.291 e. The van der Waals surface area contributed by atoms with E-state index in [2.05, 4.69) is 12.2 Å². The number of hydrogen-bond donors (Lipinski definition) is 2. The standard InChI is InChI=1S/C17H19NO5S/c1-11-10-14(11)15-6-7-16(23-15)17(20)18-12-2-4-13(5-3-12)24(21,22)9-8-19/h2-7,11,14,19H,8-10H2,1H3,(H,18,20)/t11-,14+/m1/s1. The number of aliphatic hydroxyl groups is 1. The lowest BCUT2D eigenvalue weighted by Gasteiger charge is -2.06. The molecular formula is C17H19NO5S. The summed E-state index contributed by atoms with van der Waals surface area (Å²) >= 11 is 0. The third-order valence-corrected chi connectivity index (χ3v) is 5.87. The van der Waals surface area contributed by atoms with E-state index < -0.39 is 16.4 Å². The van der Waals surface area contributed by atoms with Crippen LogP contribution in [0.5, 0.6) is 0 Å². The van der Waals surface area contributed by atoms with Crippen LogP contribution in [-0.2, 0) is 9.84 Å². The van der Waals surface area contributed by atoms with E-state index in [1.165, 1.54) is 24.3 Å². The molecule has 0 unspecified atom stereocenters. The number of nitrogens with one attached hydrogen (secondary N) is 1. The lowest BCUT2D eigenvalue weighted by atomic mass is 10.3. The predicted octanol–water partition coefficient (Wildman–Crippen LogP) is 2.42. The van der Waals surface area contributed by atoms with Gasteiger partial charge in [0.2, 0.25) is 0 Å². The average molecular weight is 349 g/mol. The van der Waals surface area contributed by atoms with Gasteiger partial charge >= 0.3 is 0 Å². The number of benzene rings is 1. The first-order valence-corrected chi connectivity index (χ1v) is 9.40. The number of carbonyl (C=O) groups excluding carboxylic acids is 1. The number of furan rings is 1. The minimum atomic E-state index is -3.49. The summed E-state index contributed by atoms with van der Waals surface area (Å²) in [5, 5.41) is 11.5. The van der Waals surface area contributed by atoms with Crippen LogP contribution < -0.4 is 5.32 Å². The van der Waals surface area contributed by atoms with E-state index in [1.807, 2.05) is 6.07 Å². The Bertz CT molecular complexity index is 838. The minimum Gasteiger partial charge on any atom is -0.456 e. The van der Waals surface area contributed by atoms with Crippen LogP contribution in [0.1, 0.15) is 35.6 Å². The molecule has 1 aliphatic rings. The summed E-state index contributed by atoms with van der Waals surface area (Å²) < 4.78 is 29.2. The molecule has 0 aliphatic heterocycles. The Morgan fingerprint density at radius 1 is 1.25 bits per heavy atom. The lowest BCUT2D eigenvalue weighted by molar-refractivity contribution is 0.0995. The van der Waals surface area contributed by atoms with Gasteiger partial charge in [0, 0.05) is 11.6 Å². The van der Waals surface area contributed by atoms with Crippen LogP contribution in [-0.4, -0.2) is 31.8 Å². The molecule has 1 fully saturated rings. The fourth-order valence-corrected chi connectivity index (χ4v) is 3.60. The van der Waals surface area contributed by atoms with Crippen LogP contribution in [0.25, 0.3) is 0 Å². The Balaban J connectivity index is 1.67. The van der Waals surface area contributed by atoms with Gasteiger partial charge in [0.1, 0.15) is 5.76 Å². The molecule has 0 saturated heterocycles. The monoisotopic (exact) mass is 349 g/mol. The van der Waals surface area contributed by atoms with E-state index in [0.29, 0.717) is 17.5 Å². The van der Waals surface area contributed by atoms with Gasteiger partial charge in [-0.25, -0.2) is 8.42 Å². The maximum absolute atomic E-state index is 12.2. The molecule has 2 N–H and O–H groups in total. The molecule has 1 saturated carbocycles. The number of hydrogen-bond acceptors (Lipinski definition) is 5. The zero-order chi connectivity index (χ0) is 17.3. The van der Waals surface area contributed by atoms with Crippen molar-refractivity contribution in [3.05, 3.63) is 47.9 Å². The number of carbonyl (C=O) groups is 1. The first-order valence-electron chi connectivity index (χ1n) is 7.75. The second-order valence-corrected chi connectivity index (χ2v) is 8.15. The molecule has 1 amide bonds. The highest BCUT2D eigenvalue weighted by Crippen LogP contribution is 2.47. The van der Waals surface area contributed by atoms with Crippen LogP contribution in [0.3, 0.4) is 0 Å². The highest BCUT2D eigenvalue weighted by molar-refractivity contribution is 7.91. The third-order valence-electron chi connectivity index (χ3n) is 4.16. The molecule has 3 rings (SSSR count). The number of amides is 1. The Hall–Kier alpha value is -2.12. The molecule has 0 bridgehead atoms. The summed E-state index contributed by atoms with van der Waals surface area (Å²) in [4.78, 5) is 12.3. The zero-order valence-corrected chi connectivity index (χ0v) is 14.0. The Labute approximate surface area is 140 Å². The van der Waals surface area contributed by atoms with Crippen LogP contribution in [0.15, 0.2) is 45.7 Å². The van der Waals surface area contributed by atoms with E-state index in [9.17, 15) is 13.2 Å². The quantitative estimate of drug-likeness (QED) is 0.835. The SMILES string of the molecule is C[C@@H]1C[C@@H]1c1ccc(C(=O)Nc2ccc(S(=O)(=O)CCO)cc2)o1. The Morgan fingerprint density at radius 2 is 1.92 bits per heavy atom. The fraction of sp³-hybridized carbons (Fsp3) is 0.353. The van der Waals surface area contributed by atoms with E-state index in [4.69, 9.17) is 9.52 Å². The van der Waals surface area contributed by atoms with E-state index >= 15 is 0 Å². The van der Waals surface area contributed by atoms with Crippen molar-refractivity contribution in [3.8, 4) is 0 Å². The molecule has 2 aromatic rings. The van der Waals surface area contributed by atoms with Crippen molar-refractivity contribution in [2.75, 3.05) is 17.7 Å². The van der Waals surface area contributed by atoms with Crippen molar-refractivity contribution in [2.45, 2.75) is 24.2 Å². The molecule has 1 aromatic heterocycles. The number of sulfone groups is 1. The normalized spacial score (nSPS) is 19.9. The van der Waals surface area contributed by atoms with E-state index in [1.54, 1.807) is 6.07 Å². The number of anilines is 1. The van der Waals surface area contributed by atoms with Crippen molar-refractivity contribution in [1.29, 1.82) is 0 Å². The van der Waals surface area contributed by atoms with Gasteiger partial charge in [-0.05, 0) is 48.7 Å². The Morgan fingerprint density at radius 3 is 2.50 bits per heavy atom. The van der Waals surface area contributed by atoms with Gasteiger partial charge in [-0.1, -0.05) is 6.92 Å². The van der Waals surface area contributed by atoms with E-state index in [-0.39, 0.29) is 22.3 Å².